The Morgan fingerprint density at radius 1 is 0.733 bits per heavy atom. The van der Waals surface area contributed by atoms with Gasteiger partial charge in [-0.1, -0.05) is 45.0 Å². The van der Waals surface area contributed by atoms with E-state index in [-0.39, 0.29) is 0 Å². The summed E-state index contributed by atoms with van der Waals surface area (Å²) in [6.45, 7) is 8.54. The molecule has 0 spiro atoms. The third-order valence-electron chi connectivity index (χ3n) is 5.28. The first-order valence-corrected chi connectivity index (χ1v) is 10.4. The van der Waals surface area contributed by atoms with E-state index in [0.29, 0.717) is 22.9 Å². The van der Waals surface area contributed by atoms with Crippen LogP contribution in [0.1, 0.15) is 43.0 Å². The van der Waals surface area contributed by atoms with Crippen LogP contribution in [0.25, 0.3) is 11.3 Å². The van der Waals surface area contributed by atoms with Gasteiger partial charge in [0.05, 0.1) is 0 Å². The van der Waals surface area contributed by atoms with Crippen LogP contribution < -0.4 is 10.6 Å². The van der Waals surface area contributed by atoms with Crippen molar-refractivity contribution in [1.82, 2.24) is 20.3 Å². The monoisotopic (exact) mass is 402 g/mol. The van der Waals surface area contributed by atoms with Crippen molar-refractivity contribution in [3.8, 4) is 0 Å². The summed E-state index contributed by atoms with van der Waals surface area (Å²) >= 11 is 0. The minimum absolute atomic E-state index is 0.364. The molecule has 0 saturated carbocycles. The first-order valence-electron chi connectivity index (χ1n) is 10.4. The lowest BCUT2D eigenvalue weighted by atomic mass is 10.0. The maximum absolute atomic E-state index is 4.82. The predicted molar refractivity (Wildman–Crippen MR) is 120 cm³/mol. The molecule has 0 aliphatic carbocycles. The average Bonchev–Trinajstić information content (AvgIpc) is 3.22. The number of hydrogen-bond donors (Lipinski definition) is 2. The van der Waals surface area contributed by atoms with E-state index < -0.39 is 0 Å². The number of fused-ring (bicyclic) bond motifs is 1. The molecule has 2 aromatic carbocycles. The van der Waals surface area contributed by atoms with Gasteiger partial charge in [0.25, 0.3) is 0 Å². The Bertz CT molecular complexity index is 1180. The molecule has 0 unspecified atom stereocenters. The van der Waals surface area contributed by atoms with E-state index in [9.17, 15) is 0 Å². The van der Waals surface area contributed by atoms with Crippen molar-refractivity contribution in [1.29, 1.82) is 0 Å². The SMILES string of the molecule is CCc1ccc(Nc2nc3nonc3nc2Nc2ccc(CC)cc2CC)c(C)c1. The molecular weight excluding hydrogens is 376 g/mol. The number of nitrogens with zero attached hydrogens (tertiary/aromatic N) is 4. The van der Waals surface area contributed by atoms with Gasteiger partial charge in [0.1, 0.15) is 0 Å². The molecule has 0 aliphatic heterocycles. The van der Waals surface area contributed by atoms with Gasteiger partial charge in [-0.25, -0.2) is 14.6 Å². The lowest BCUT2D eigenvalue weighted by Crippen LogP contribution is -2.05. The highest BCUT2D eigenvalue weighted by Crippen LogP contribution is 2.30. The fourth-order valence-corrected chi connectivity index (χ4v) is 3.43. The molecule has 7 heteroatoms. The fourth-order valence-electron chi connectivity index (χ4n) is 3.43. The molecule has 2 heterocycles. The Kier molecular flexibility index (Phi) is 5.61. The van der Waals surface area contributed by atoms with Crippen LogP contribution in [0.3, 0.4) is 0 Å². The van der Waals surface area contributed by atoms with Crippen LogP contribution in [0, 0.1) is 6.92 Å². The molecule has 2 N–H and O–H groups in total. The van der Waals surface area contributed by atoms with E-state index in [0.717, 1.165) is 36.2 Å². The highest BCUT2D eigenvalue weighted by atomic mass is 16.6. The van der Waals surface area contributed by atoms with Crippen LogP contribution in [0.2, 0.25) is 0 Å². The van der Waals surface area contributed by atoms with Crippen LogP contribution >= 0.6 is 0 Å². The predicted octanol–water partition coefficient (Wildman–Crippen LogP) is 5.50. The van der Waals surface area contributed by atoms with E-state index in [4.69, 9.17) is 4.63 Å². The number of rotatable bonds is 7. The van der Waals surface area contributed by atoms with Crippen molar-refractivity contribution < 1.29 is 4.63 Å². The van der Waals surface area contributed by atoms with E-state index in [1.165, 1.54) is 16.7 Å². The zero-order valence-corrected chi connectivity index (χ0v) is 17.8. The summed E-state index contributed by atoms with van der Waals surface area (Å²) in [5.41, 5.74) is 7.67. The van der Waals surface area contributed by atoms with Gasteiger partial charge in [0, 0.05) is 11.4 Å². The van der Waals surface area contributed by atoms with Crippen molar-refractivity contribution in [2.45, 2.75) is 47.0 Å². The Morgan fingerprint density at radius 3 is 1.87 bits per heavy atom. The van der Waals surface area contributed by atoms with Gasteiger partial charge >= 0.3 is 0 Å². The maximum atomic E-state index is 4.82. The average molecular weight is 403 g/mol. The third-order valence-corrected chi connectivity index (χ3v) is 5.28. The van der Waals surface area contributed by atoms with Crippen LogP contribution in [0.5, 0.6) is 0 Å². The summed E-state index contributed by atoms with van der Waals surface area (Å²) in [6.07, 6.45) is 2.92. The van der Waals surface area contributed by atoms with E-state index in [2.05, 4.69) is 95.0 Å². The smallest absolute Gasteiger partial charge is 0.245 e. The van der Waals surface area contributed by atoms with Gasteiger partial charge in [-0.15, -0.1) is 0 Å². The molecule has 0 fully saturated rings. The van der Waals surface area contributed by atoms with Crippen LogP contribution in [0.15, 0.2) is 41.0 Å². The standard InChI is InChI=1S/C23H26N6O/c1-5-15-8-10-18(14(4)12-15)24-20-21(27-23-22(26-20)28-30-29-23)25-19-11-9-16(6-2)13-17(19)7-3/h8-13H,5-7H2,1-4H3,(H,24,26,28)(H,25,27,29). The summed E-state index contributed by atoms with van der Waals surface area (Å²) in [5.74, 6) is 1.16. The van der Waals surface area contributed by atoms with E-state index in [1.807, 2.05) is 0 Å². The summed E-state index contributed by atoms with van der Waals surface area (Å²) in [5, 5.41) is 14.6. The molecule has 0 aliphatic rings. The number of aryl methyl sites for hydroxylation is 4. The van der Waals surface area contributed by atoms with Gasteiger partial charge in [-0.2, -0.15) is 0 Å². The minimum atomic E-state index is 0.364. The van der Waals surface area contributed by atoms with Gasteiger partial charge in [0.15, 0.2) is 11.6 Å². The topological polar surface area (TPSA) is 88.8 Å². The second-order valence-electron chi connectivity index (χ2n) is 7.28. The normalized spacial score (nSPS) is 11.1. The summed E-state index contributed by atoms with van der Waals surface area (Å²) in [4.78, 5) is 9.20. The highest BCUT2D eigenvalue weighted by Gasteiger charge is 2.15. The summed E-state index contributed by atoms with van der Waals surface area (Å²) in [7, 11) is 0. The summed E-state index contributed by atoms with van der Waals surface area (Å²) in [6, 6.07) is 12.8. The van der Waals surface area contributed by atoms with Crippen molar-refractivity contribution >= 4 is 34.3 Å². The zero-order valence-electron chi connectivity index (χ0n) is 17.8. The number of nitrogens with one attached hydrogen (secondary N) is 2. The van der Waals surface area contributed by atoms with E-state index >= 15 is 0 Å². The van der Waals surface area contributed by atoms with Crippen LogP contribution in [-0.2, 0) is 19.3 Å². The van der Waals surface area contributed by atoms with E-state index in [1.54, 1.807) is 0 Å². The molecule has 0 amide bonds. The second kappa shape index (κ2) is 8.49. The molecule has 30 heavy (non-hydrogen) atoms. The van der Waals surface area contributed by atoms with Gasteiger partial charge in [-0.05, 0) is 70.9 Å². The zero-order chi connectivity index (χ0) is 21.1. The Hall–Kier alpha value is -3.48. The van der Waals surface area contributed by atoms with Gasteiger partial charge < -0.3 is 10.6 Å². The summed E-state index contributed by atoms with van der Waals surface area (Å²) < 4.78 is 4.82. The molecule has 7 nitrogen and oxygen atoms in total. The van der Waals surface area contributed by atoms with Crippen molar-refractivity contribution in [2.24, 2.45) is 0 Å². The maximum Gasteiger partial charge on any atom is 0.245 e. The van der Waals surface area contributed by atoms with Gasteiger partial charge in [-0.3, -0.25) is 0 Å². The quantitative estimate of drug-likeness (QED) is 0.422. The number of hydrogen-bond acceptors (Lipinski definition) is 7. The van der Waals surface area contributed by atoms with Crippen molar-refractivity contribution in [3.63, 3.8) is 0 Å². The third kappa shape index (κ3) is 3.96. The minimum Gasteiger partial charge on any atom is -0.337 e. The molecule has 2 aromatic heterocycles. The lowest BCUT2D eigenvalue weighted by Gasteiger charge is -2.16. The molecule has 0 bridgehead atoms. The fraction of sp³-hybridized carbons (Fsp3) is 0.304. The van der Waals surface area contributed by atoms with Crippen LogP contribution in [-0.4, -0.2) is 20.3 Å². The molecule has 0 saturated heterocycles. The molecule has 4 aromatic rings. The molecule has 154 valence electrons. The van der Waals surface area contributed by atoms with Crippen molar-refractivity contribution in [2.75, 3.05) is 10.6 Å². The molecule has 0 radical (unpaired) electrons. The van der Waals surface area contributed by atoms with Crippen LogP contribution in [0.4, 0.5) is 23.0 Å². The lowest BCUT2D eigenvalue weighted by molar-refractivity contribution is 0.314. The Labute approximate surface area is 175 Å². The number of anilines is 4. The molecule has 0 atom stereocenters. The molecule has 4 rings (SSSR count). The van der Waals surface area contributed by atoms with Gasteiger partial charge in [0.2, 0.25) is 11.3 Å². The van der Waals surface area contributed by atoms with Crippen molar-refractivity contribution in [3.05, 3.63) is 58.7 Å². The Balaban J connectivity index is 1.74. The largest absolute Gasteiger partial charge is 0.337 e. The first kappa shape index (κ1) is 19.8. The number of aromatic nitrogens is 4. The molecular formula is C23H26N6O. The number of benzene rings is 2. The Morgan fingerprint density at radius 2 is 1.30 bits per heavy atom. The first-order chi connectivity index (χ1) is 14.6. The highest BCUT2D eigenvalue weighted by molar-refractivity contribution is 5.80. The second-order valence-corrected chi connectivity index (χ2v) is 7.28.